The van der Waals surface area contributed by atoms with Gasteiger partial charge in [0.15, 0.2) is 5.03 Å². The third kappa shape index (κ3) is 3.27. The van der Waals surface area contributed by atoms with Gasteiger partial charge >= 0.3 is 0 Å². The topological polar surface area (TPSA) is 64.8 Å². The number of imidazole rings is 1. The Hall–Kier alpha value is -0.920. The molecular formula is C9H7BrClN3O2S. The summed E-state index contributed by atoms with van der Waals surface area (Å²) in [7, 11) is 1.41. The monoisotopic (exact) mass is 335 g/mol. The van der Waals surface area contributed by atoms with Crippen molar-refractivity contribution in [3.63, 3.8) is 0 Å². The summed E-state index contributed by atoms with van der Waals surface area (Å²) in [6, 6.07) is 1.89. The lowest BCUT2D eigenvalue weighted by molar-refractivity contribution is 0.606. The van der Waals surface area contributed by atoms with Gasteiger partial charge in [0, 0.05) is 33.7 Å². The van der Waals surface area contributed by atoms with Gasteiger partial charge in [0.1, 0.15) is 0 Å². The van der Waals surface area contributed by atoms with Crippen molar-refractivity contribution in [1.29, 1.82) is 0 Å². The summed E-state index contributed by atoms with van der Waals surface area (Å²) in [5.74, 6) is 0. The molecule has 2 rings (SSSR count). The molecule has 0 unspecified atom stereocenters. The number of hydrogen-bond acceptors (Lipinski definition) is 4. The van der Waals surface area contributed by atoms with E-state index < -0.39 is 9.05 Å². The van der Waals surface area contributed by atoms with E-state index in [0.29, 0.717) is 6.54 Å². The summed E-state index contributed by atoms with van der Waals surface area (Å²) in [5.41, 5.74) is 0.926. The molecule has 0 N–H and O–H groups in total. The fraction of sp³-hybridized carbons (Fsp3) is 0.111. The fourth-order valence-electron chi connectivity index (χ4n) is 1.31. The summed E-state index contributed by atoms with van der Waals surface area (Å²) in [4.78, 5) is 7.73. The maximum atomic E-state index is 11.0. The zero-order valence-corrected chi connectivity index (χ0v) is 11.6. The van der Waals surface area contributed by atoms with Gasteiger partial charge in [0.05, 0.1) is 12.9 Å². The summed E-state index contributed by atoms with van der Waals surface area (Å²) >= 11 is 3.31. The van der Waals surface area contributed by atoms with Crippen LogP contribution in [0.2, 0.25) is 0 Å². The van der Waals surface area contributed by atoms with Crippen LogP contribution in [0.4, 0.5) is 0 Å². The van der Waals surface area contributed by atoms with Crippen LogP contribution in [0, 0.1) is 0 Å². The van der Waals surface area contributed by atoms with E-state index in [1.807, 2.05) is 6.07 Å². The first-order valence-corrected chi connectivity index (χ1v) is 7.61. The summed E-state index contributed by atoms with van der Waals surface area (Å²) in [6.07, 6.45) is 6.16. The highest BCUT2D eigenvalue weighted by Gasteiger charge is 2.13. The quantitative estimate of drug-likeness (QED) is 0.804. The number of aromatic nitrogens is 3. The normalized spacial score (nSPS) is 11.6. The Balaban J connectivity index is 2.23. The predicted octanol–water partition coefficient (Wildman–Crippen LogP) is 2.02. The lowest BCUT2D eigenvalue weighted by Gasteiger charge is -2.01. The zero-order chi connectivity index (χ0) is 12.5. The van der Waals surface area contributed by atoms with Crippen LogP contribution >= 0.6 is 26.6 Å². The van der Waals surface area contributed by atoms with Crippen LogP contribution in [0.3, 0.4) is 0 Å². The summed E-state index contributed by atoms with van der Waals surface area (Å²) in [5, 5.41) is -0.151. The molecule has 2 heterocycles. The second-order valence-electron chi connectivity index (χ2n) is 3.33. The molecule has 90 valence electrons. The molecule has 0 radical (unpaired) electrons. The maximum absolute atomic E-state index is 11.0. The van der Waals surface area contributed by atoms with Crippen LogP contribution in [-0.2, 0) is 15.6 Å². The number of rotatable bonds is 3. The molecule has 0 aliphatic carbocycles. The molecule has 0 spiro atoms. The van der Waals surface area contributed by atoms with Gasteiger partial charge in [0.2, 0.25) is 0 Å². The van der Waals surface area contributed by atoms with E-state index in [1.54, 1.807) is 17.0 Å². The smallest absolute Gasteiger partial charge is 0.280 e. The Morgan fingerprint density at radius 3 is 2.76 bits per heavy atom. The third-order valence-electron chi connectivity index (χ3n) is 1.99. The molecule has 0 amide bonds. The van der Waals surface area contributed by atoms with Crippen molar-refractivity contribution in [3.8, 4) is 0 Å². The van der Waals surface area contributed by atoms with Gasteiger partial charge in [-0.3, -0.25) is 4.98 Å². The van der Waals surface area contributed by atoms with Crippen molar-refractivity contribution >= 4 is 35.7 Å². The SMILES string of the molecule is O=S(=O)(Cl)c1cn(Cc2cncc(Br)c2)cn1. The standard InChI is InChI=1S/C9H7BrClN3O2S/c10-8-1-7(2-12-3-8)4-14-5-9(13-6-14)17(11,15)16/h1-3,5-6H,4H2. The first kappa shape index (κ1) is 12.5. The van der Waals surface area contributed by atoms with Crippen LogP contribution < -0.4 is 0 Å². The van der Waals surface area contributed by atoms with Crippen LogP contribution in [0.1, 0.15) is 5.56 Å². The molecule has 0 aliphatic heterocycles. The van der Waals surface area contributed by atoms with E-state index in [0.717, 1.165) is 10.0 Å². The summed E-state index contributed by atoms with van der Waals surface area (Å²) in [6.45, 7) is 0.478. The molecule has 0 atom stereocenters. The fourth-order valence-corrected chi connectivity index (χ4v) is 2.39. The Bertz CT molecular complexity index is 641. The van der Waals surface area contributed by atoms with Gasteiger partial charge in [0.25, 0.3) is 9.05 Å². The van der Waals surface area contributed by atoms with Gasteiger partial charge in [-0.2, -0.15) is 0 Å². The molecule has 5 nitrogen and oxygen atoms in total. The van der Waals surface area contributed by atoms with E-state index in [-0.39, 0.29) is 5.03 Å². The van der Waals surface area contributed by atoms with Crippen molar-refractivity contribution in [1.82, 2.24) is 14.5 Å². The molecule has 0 bridgehead atoms. The minimum absolute atomic E-state index is 0.151. The zero-order valence-electron chi connectivity index (χ0n) is 8.42. The molecule has 2 aromatic rings. The minimum Gasteiger partial charge on any atom is -0.332 e. The summed E-state index contributed by atoms with van der Waals surface area (Å²) < 4.78 is 24.5. The second kappa shape index (κ2) is 4.75. The van der Waals surface area contributed by atoms with Crippen LogP contribution in [0.15, 0.2) is 40.5 Å². The average Bonchev–Trinajstić information content (AvgIpc) is 2.65. The second-order valence-corrected chi connectivity index (χ2v) is 6.76. The van der Waals surface area contributed by atoms with Crippen LogP contribution in [0.5, 0.6) is 0 Å². The third-order valence-corrected chi connectivity index (χ3v) is 3.60. The van der Waals surface area contributed by atoms with Gasteiger partial charge < -0.3 is 4.57 Å². The molecule has 0 saturated heterocycles. The highest BCUT2D eigenvalue weighted by molar-refractivity contribution is 9.10. The van der Waals surface area contributed by atoms with E-state index in [1.165, 1.54) is 12.5 Å². The van der Waals surface area contributed by atoms with Gasteiger partial charge in [-0.25, -0.2) is 13.4 Å². The van der Waals surface area contributed by atoms with Crippen molar-refractivity contribution < 1.29 is 8.42 Å². The molecule has 8 heteroatoms. The number of halogens is 2. The molecule has 0 aromatic carbocycles. The van der Waals surface area contributed by atoms with E-state index in [9.17, 15) is 8.42 Å². The predicted molar refractivity (Wildman–Crippen MR) is 66.3 cm³/mol. The number of hydrogen-bond donors (Lipinski definition) is 0. The Kier molecular flexibility index (Phi) is 3.50. The van der Waals surface area contributed by atoms with Crippen molar-refractivity contribution in [3.05, 3.63) is 41.0 Å². The molecule has 0 fully saturated rings. The van der Waals surface area contributed by atoms with E-state index in [2.05, 4.69) is 25.9 Å². The first-order valence-electron chi connectivity index (χ1n) is 4.51. The molecule has 2 aromatic heterocycles. The minimum atomic E-state index is -3.77. The van der Waals surface area contributed by atoms with Crippen molar-refractivity contribution in [2.24, 2.45) is 0 Å². The number of pyridine rings is 1. The largest absolute Gasteiger partial charge is 0.332 e. The molecule has 0 aliphatic rings. The lowest BCUT2D eigenvalue weighted by atomic mass is 10.3. The Morgan fingerprint density at radius 2 is 2.18 bits per heavy atom. The highest BCUT2D eigenvalue weighted by atomic mass is 79.9. The molecule has 0 saturated carbocycles. The molecular weight excluding hydrogens is 330 g/mol. The van der Waals surface area contributed by atoms with Crippen molar-refractivity contribution in [2.45, 2.75) is 11.6 Å². The average molecular weight is 337 g/mol. The van der Waals surface area contributed by atoms with Crippen molar-refractivity contribution in [2.75, 3.05) is 0 Å². The van der Waals surface area contributed by atoms with Gasteiger partial charge in [-0.1, -0.05) is 0 Å². The Labute approximate surface area is 111 Å². The maximum Gasteiger partial charge on any atom is 0.280 e. The first-order chi connectivity index (χ1) is 7.95. The van der Waals surface area contributed by atoms with Crippen LogP contribution in [0.25, 0.3) is 0 Å². The molecule has 17 heavy (non-hydrogen) atoms. The van der Waals surface area contributed by atoms with Gasteiger partial charge in [-0.15, -0.1) is 0 Å². The van der Waals surface area contributed by atoms with E-state index >= 15 is 0 Å². The van der Waals surface area contributed by atoms with Gasteiger partial charge in [-0.05, 0) is 27.6 Å². The van der Waals surface area contributed by atoms with E-state index in [4.69, 9.17) is 10.7 Å². The number of nitrogens with zero attached hydrogens (tertiary/aromatic N) is 3. The Morgan fingerprint density at radius 1 is 1.41 bits per heavy atom. The van der Waals surface area contributed by atoms with Crippen LogP contribution in [-0.4, -0.2) is 23.0 Å². The lowest BCUT2D eigenvalue weighted by Crippen LogP contribution is -1.97. The highest BCUT2D eigenvalue weighted by Crippen LogP contribution is 2.14.